The van der Waals surface area contributed by atoms with Crippen molar-refractivity contribution in [2.45, 2.75) is 51.6 Å². The van der Waals surface area contributed by atoms with Gasteiger partial charge in [0.25, 0.3) is 0 Å². The molecular formula is C16H27IN4O2. The summed E-state index contributed by atoms with van der Waals surface area (Å²) < 4.78 is 5.17. The average Bonchev–Trinajstić information content (AvgIpc) is 3.18. The summed E-state index contributed by atoms with van der Waals surface area (Å²) in [5.74, 6) is 1.37. The molecule has 1 heterocycles. The van der Waals surface area contributed by atoms with Crippen molar-refractivity contribution in [3.8, 4) is 0 Å². The van der Waals surface area contributed by atoms with E-state index in [1.165, 1.54) is 25.7 Å². The van der Waals surface area contributed by atoms with E-state index in [2.05, 4.69) is 27.9 Å². The molecule has 0 radical (unpaired) electrons. The summed E-state index contributed by atoms with van der Waals surface area (Å²) >= 11 is 0. The highest BCUT2D eigenvalue weighted by molar-refractivity contribution is 14.0. The summed E-state index contributed by atoms with van der Waals surface area (Å²) in [5.41, 5.74) is 0. The number of carbonyl (C=O) groups is 1. The molecule has 1 aromatic rings. The summed E-state index contributed by atoms with van der Waals surface area (Å²) in [6.07, 6.45) is 7.47. The van der Waals surface area contributed by atoms with Crippen LogP contribution in [-0.4, -0.2) is 31.0 Å². The highest BCUT2D eigenvalue weighted by Crippen LogP contribution is 2.18. The van der Waals surface area contributed by atoms with Crippen LogP contribution in [0.4, 0.5) is 0 Å². The number of hydrogen-bond acceptors (Lipinski definition) is 3. The van der Waals surface area contributed by atoms with Crippen LogP contribution in [0.1, 0.15) is 44.8 Å². The topological polar surface area (TPSA) is 78.7 Å². The van der Waals surface area contributed by atoms with Gasteiger partial charge in [0.05, 0.1) is 12.8 Å². The van der Waals surface area contributed by atoms with Crippen LogP contribution < -0.4 is 16.0 Å². The van der Waals surface area contributed by atoms with Crippen LogP contribution in [0.3, 0.4) is 0 Å². The van der Waals surface area contributed by atoms with E-state index < -0.39 is 0 Å². The highest BCUT2D eigenvalue weighted by Gasteiger charge is 2.22. The Morgan fingerprint density at radius 3 is 2.83 bits per heavy atom. The smallest absolute Gasteiger partial charge is 0.242 e. The molecule has 0 aliphatic heterocycles. The van der Waals surface area contributed by atoms with E-state index >= 15 is 0 Å². The molecule has 6 nitrogen and oxygen atoms in total. The summed E-state index contributed by atoms with van der Waals surface area (Å²) in [7, 11) is 0. The monoisotopic (exact) mass is 434 g/mol. The van der Waals surface area contributed by atoms with Gasteiger partial charge < -0.3 is 20.4 Å². The van der Waals surface area contributed by atoms with Crippen LogP contribution >= 0.6 is 24.0 Å². The number of amides is 1. The molecule has 1 saturated carbocycles. The van der Waals surface area contributed by atoms with Gasteiger partial charge in [0, 0.05) is 12.6 Å². The van der Waals surface area contributed by atoms with Crippen LogP contribution in [0.5, 0.6) is 0 Å². The quantitative estimate of drug-likeness (QED) is 0.242. The second-order valence-corrected chi connectivity index (χ2v) is 5.57. The van der Waals surface area contributed by atoms with Crippen LogP contribution in [0, 0.1) is 0 Å². The zero-order valence-corrected chi connectivity index (χ0v) is 16.0. The van der Waals surface area contributed by atoms with Crippen molar-refractivity contribution in [3.05, 3.63) is 24.2 Å². The number of furan rings is 1. The first-order valence-corrected chi connectivity index (χ1v) is 8.12. The Kier molecular flexibility index (Phi) is 9.74. The molecule has 1 fully saturated rings. The molecule has 1 aromatic heterocycles. The SMILES string of the molecule is CCCCCNC(=NCC(=O)NCc1ccco1)NC1CC1.I. The van der Waals surface area contributed by atoms with Crippen LogP contribution in [0.2, 0.25) is 0 Å². The van der Waals surface area contributed by atoms with Crippen molar-refractivity contribution in [2.75, 3.05) is 13.1 Å². The van der Waals surface area contributed by atoms with Gasteiger partial charge >= 0.3 is 0 Å². The fourth-order valence-corrected chi connectivity index (χ4v) is 1.96. The lowest BCUT2D eigenvalue weighted by molar-refractivity contribution is -0.119. The van der Waals surface area contributed by atoms with Crippen molar-refractivity contribution in [1.29, 1.82) is 0 Å². The molecule has 0 aromatic carbocycles. The van der Waals surface area contributed by atoms with Crippen molar-refractivity contribution >= 4 is 35.8 Å². The Labute approximate surface area is 154 Å². The first-order chi connectivity index (χ1) is 10.8. The fourth-order valence-electron chi connectivity index (χ4n) is 1.96. The van der Waals surface area contributed by atoms with E-state index in [-0.39, 0.29) is 36.4 Å². The molecule has 1 amide bonds. The zero-order chi connectivity index (χ0) is 15.6. The molecule has 0 saturated heterocycles. The third-order valence-electron chi connectivity index (χ3n) is 3.41. The van der Waals surface area contributed by atoms with E-state index in [0.717, 1.165) is 24.7 Å². The number of rotatable bonds is 9. The van der Waals surface area contributed by atoms with Crippen molar-refractivity contribution in [1.82, 2.24) is 16.0 Å². The van der Waals surface area contributed by atoms with Gasteiger partial charge in [-0.1, -0.05) is 19.8 Å². The molecule has 0 spiro atoms. The molecule has 0 atom stereocenters. The number of hydrogen-bond donors (Lipinski definition) is 3. The number of guanidine groups is 1. The van der Waals surface area contributed by atoms with Gasteiger partial charge in [0.1, 0.15) is 12.3 Å². The third kappa shape index (κ3) is 8.83. The molecule has 0 bridgehead atoms. The van der Waals surface area contributed by atoms with Gasteiger partial charge in [-0.3, -0.25) is 4.79 Å². The molecule has 3 N–H and O–H groups in total. The maximum atomic E-state index is 11.8. The highest BCUT2D eigenvalue weighted by atomic mass is 127. The first kappa shape index (κ1) is 19.8. The van der Waals surface area contributed by atoms with E-state index in [0.29, 0.717) is 12.6 Å². The number of aliphatic imine (C=N–C) groups is 1. The number of unbranched alkanes of at least 4 members (excludes halogenated alkanes) is 2. The summed E-state index contributed by atoms with van der Waals surface area (Å²) in [6.45, 7) is 3.59. The Bertz CT molecular complexity index is 472. The lowest BCUT2D eigenvalue weighted by atomic mass is 10.2. The van der Waals surface area contributed by atoms with Gasteiger partial charge in [0.2, 0.25) is 5.91 Å². The van der Waals surface area contributed by atoms with Gasteiger partial charge in [0.15, 0.2) is 5.96 Å². The molecule has 7 heteroatoms. The van der Waals surface area contributed by atoms with Crippen LogP contribution in [0.15, 0.2) is 27.8 Å². The van der Waals surface area contributed by atoms with Crippen molar-refractivity contribution in [3.63, 3.8) is 0 Å². The third-order valence-corrected chi connectivity index (χ3v) is 3.41. The number of carbonyl (C=O) groups excluding carboxylic acids is 1. The second kappa shape index (κ2) is 11.3. The van der Waals surface area contributed by atoms with E-state index in [1.54, 1.807) is 12.3 Å². The molecule has 1 aliphatic carbocycles. The summed E-state index contributed by atoms with van der Waals surface area (Å²) in [6, 6.07) is 4.15. The summed E-state index contributed by atoms with van der Waals surface area (Å²) in [5, 5.41) is 9.41. The average molecular weight is 434 g/mol. The predicted molar refractivity (Wildman–Crippen MR) is 102 cm³/mol. The Morgan fingerprint density at radius 2 is 2.17 bits per heavy atom. The van der Waals surface area contributed by atoms with Crippen molar-refractivity contribution in [2.24, 2.45) is 4.99 Å². The van der Waals surface area contributed by atoms with Gasteiger partial charge in [-0.2, -0.15) is 0 Å². The summed E-state index contributed by atoms with van der Waals surface area (Å²) in [4.78, 5) is 16.2. The molecular weight excluding hydrogens is 407 g/mol. The normalized spacial score (nSPS) is 14.0. The number of nitrogens with zero attached hydrogens (tertiary/aromatic N) is 1. The van der Waals surface area contributed by atoms with E-state index in [1.807, 2.05) is 6.07 Å². The lowest BCUT2D eigenvalue weighted by Gasteiger charge is -2.11. The largest absolute Gasteiger partial charge is 0.467 e. The minimum atomic E-state index is -0.109. The molecule has 23 heavy (non-hydrogen) atoms. The Balaban J connectivity index is 0.00000264. The van der Waals surface area contributed by atoms with Crippen LogP contribution in [0.25, 0.3) is 0 Å². The van der Waals surface area contributed by atoms with E-state index in [4.69, 9.17) is 4.42 Å². The number of nitrogens with one attached hydrogen (secondary N) is 3. The van der Waals surface area contributed by atoms with Gasteiger partial charge in [-0.05, 0) is 31.4 Å². The molecule has 2 rings (SSSR count). The van der Waals surface area contributed by atoms with Gasteiger partial charge in [-0.15, -0.1) is 24.0 Å². The Hall–Kier alpha value is -1.25. The Morgan fingerprint density at radius 1 is 1.35 bits per heavy atom. The minimum Gasteiger partial charge on any atom is -0.467 e. The van der Waals surface area contributed by atoms with Gasteiger partial charge in [-0.25, -0.2) is 4.99 Å². The second-order valence-electron chi connectivity index (χ2n) is 5.57. The maximum Gasteiger partial charge on any atom is 0.242 e. The van der Waals surface area contributed by atoms with Crippen molar-refractivity contribution < 1.29 is 9.21 Å². The maximum absolute atomic E-state index is 11.8. The fraction of sp³-hybridized carbons (Fsp3) is 0.625. The lowest BCUT2D eigenvalue weighted by Crippen LogP contribution is -2.40. The zero-order valence-electron chi connectivity index (χ0n) is 13.6. The number of halogens is 1. The predicted octanol–water partition coefficient (Wildman–Crippen LogP) is 2.40. The van der Waals surface area contributed by atoms with Crippen LogP contribution in [-0.2, 0) is 11.3 Å². The molecule has 1 aliphatic rings. The first-order valence-electron chi connectivity index (χ1n) is 8.12. The molecule has 0 unspecified atom stereocenters. The minimum absolute atomic E-state index is 0. The molecule has 130 valence electrons. The standard InChI is InChI=1S/C16H26N4O2.HI/c1-2-3-4-9-17-16(20-13-7-8-13)19-12-15(21)18-11-14-6-5-10-22-14;/h5-6,10,13H,2-4,7-9,11-12H2,1H3,(H,18,21)(H2,17,19,20);1H. The van der Waals surface area contributed by atoms with E-state index in [9.17, 15) is 4.79 Å².